The van der Waals surface area contributed by atoms with Gasteiger partial charge in [-0.15, -0.1) is 0 Å². The first kappa shape index (κ1) is 80.4. The van der Waals surface area contributed by atoms with E-state index >= 15 is 0 Å². The molecule has 1 rings (SSSR count). The molecule has 0 spiro atoms. The standard InChI is InChI=1S/C74H135NO10/c1-3-5-7-9-11-13-15-16-17-18-33-36-39-42-46-50-54-58-62-70(79)83-63-59-55-51-47-43-40-37-34-31-29-27-25-23-21-19-20-22-24-26-28-30-32-35-38-41-45-49-53-57-61-69(78)75-66(65-84-74-73(82)72(81)71(80)68(64-76)85-74)67(77)60-56-52-48-44-14-12-10-8-6-4-2/h6,8,14,19,21,25,27,44,56,60,66-68,71-74,76-77,80-82H,3-5,7,9-13,15-18,20,22-24,26,28-43,45-55,57-59,61-65H2,1-2H3,(H,75,78)/b8-6+,21-19-,27-25-,44-14+,60-56+. The van der Waals surface area contributed by atoms with Crippen LogP contribution in [0.5, 0.6) is 0 Å². The number of esters is 1. The number of unbranched alkanes of at least 4 members (excludes halogenated alkanes) is 41. The third-order valence-electron chi connectivity index (χ3n) is 16.8. The molecule has 11 nitrogen and oxygen atoms in total. The van der Waals surface area contributed by atoms with Crippen LogP contribution in [-0.4, -0.2) is 100 Å². The second kappa shape index (κ2) is 62.9. The smallest absolute Gasteiger partial charge is 0.305 e. The zero-order chi connectivity index (χ0) is 61.6. The number of allylic oxidation sites excluding steroid dienone is 9. The first-order chi connectivity index (χ1) is 41.7. The van der Waals surface area contributed by atoms with Crippen LogP contribution in [0, 0.1) is 0 Å². The minimum atomic E-state index is -1.58. The zero-order valence-corrected chi connectivity index (χ0v) is 55.1. The fourth-order valence-electron chi connectivity index (χ4n) is 11.2. The van der Waals surface area contributed by atoms with Gasteiger partial charge in [0.1, 0.15) is 24.4 Å². The summed E-state index contributed by atoms with van der Waals surface area (Å²) in [7, 11) is 0. The van der Waals surface area contributed by atoms with Crippen molar-refractivity contribution >= 4 is 11.9 Å². The van der Waals surface area contributed by atoms with Crippen LogP contribution in [-0.2, 0) is 23.8 Å². The fraction of sp³-hybridized carbons (Fsp3) is 0.838. The van der Waals surface area contributed by atoms with Gasteiger partial charge in [-0.05, 0) is 83.5 Å². The van der Waals surface area contributed by atoms with Crippen LogP contribution < -0.4 is 5.32 Å². The molecule has 0 saturated carbocycles. The molecule has 85 heavy (non-hydrogen) atoms. The average Bonchev–Trinajstić information content (AvgIpc) is 3.64. The van der Waals surface area contributed by atoms with Gasteiger partial charge in [-0.2, -0.15) is 0 Å². The maximum Gasteiger partial charge on any atom is 0.305 e. The molecule has 0 aromatic rings. The Bertz CT molecular complexity index is 1600. The summed E-state index contributed by atoms with van der Waals surface area (Å²) in [4.78, 5) is 25.1. The van der Waals surface area contributed by atoms with Gasteiger partial charge in [-0.3, -0.25) is 9.59 Å². The molecule has 1 heterocycles. The lowest BCUT2D eigenvalue weighted by atomic mass is 9.99. The number of amides is 1. The van der Waals surface area contributed by atoms with Crippen molar-refractivity contribution in [2.75, 3.05) is 19.8 Å². The molecule has 1 aliphatic rings. The average molecular weight is 1200 g/mol. The van der Waals surface area contributed by atoms with Gasteiger partial charge in [-0.25, -0.2) is 0 Å². The summed E-state index contributed by atoms with van der Waals surface area (Å²) in [5.41, 5.74) is 0. The molecule has 496 valence electrons. The molecule has 1 fully saturated rings. The molecule has 0 aromatic carbocycles. The Balaban J connectivity index is 1.93. The maximum absolute atomic E-state index is 13.0. The van der Waals surface area contributed by atoms with Crippen molar-refractivity contribution in [1.82, 2.24) is 5.32 Å². The highest BCUT2D eigenvalue weighted by Gasteiger charge is 2.44. The minimum absolute atomic E-state index is 0.00714. The van der Waals surface area contributed by atoms with Crippen LogP contribution in [0.2, 0.25) is 0 Å². The Kier molecular flexibility index (Phi) is 59.5. The molecular formula is C74H135NO10. The van der Waals surface area contributed by atoms with E-state index < -0.39 is 49.5 Å². The zero-order valence-electron chi connectivity index (χ0n) is 55.1. The van der Waals surface area contributed by atoms with Gasteiger partial charge >= 0.3 is 5.97 Å². The van der Waals surface area contributed by atoms with E-state index in [2.05, 4.69) is 67.8 Å². The summed E-state index contributed by atoms with van der Waals surface area (Å²) in [6, 6.07) is -0.836. The molecule has 11 heteroatoms. The highest BCUT2D eigenvalue weighted by molar-refractivity contribution is 5.76. The number of nitrogens with one attached hydrogen (secondary N) is 1. The van der Waals surface area contributed by atoms with Crippen molar-refractivity contribution in [1.29, 1.82) is 0 Å². The van der Waals surface area contributed by atoms with Gasteiger partial charge in [0, 0.05) is 12.8 Å². The van der Waals surface area contributed by atoms with E-state index in [4.69, 9.17) is 14.2 Å². The van der Waals surface area contributed by atoms with Crippen LogP contribution in [0.25, 0.3) is 0 Å². The monoisotopic (exact) mass is 1200 g/mol. The van der Waals surface area contributed by atoms with Gasteiger partial charge in [0.2, 0.25) is 5.91 Å². The summed E-state index contributed by atoms with van der Waals surface area (Å²) in [5.74, 6) is -0.192. The van der Waals surface area contributed by atoms with Gasteiger partial charge < -0.3 is 45.1 Å². The molecule has 0 bridgehead atoms. The van der Waals surface area contributed by atoms with E-state index in [1.165, 1.54) is 231 Å². The Labute approximate surface area is 522 Å². The summed E-state index contributed by atoms with van der Waals surface area (Å²) < 4.78 is 16.7. The van der Waals surface area contributed by atoms with E-state index in [0.717, 1.165) is 77.0 Å². The highest BCUT2D eigenvalue weighted by Crippen LogP contribution is 2.23. The Morgan fingerprint density at radius 1 is 0.447 bits per heavy atom. The predicted molar refractivity (Wildman–Crippen MR) is 357 cm³/mol. The van der Waals surface area contributed by atoms with Crippen molar-refractivity contribution < 1.29 is 49.3 Å². The third kappa shape index (κ3) is 51.9. The van der Waals surface area contributed by atoms with Crippen LogP contribution >= 0.6 is 0 Å². The number of carbonyl (C=O) groups is 2. The number of aliphatic hydroxyl groups is 5. The lowest BCUT2D eigenvalue weighted by Crippen LogP contribution is -2.60. The molecule has 7 atom stereocenters. The van der Waals surface area contributed by atoms with Crippen LogP contribution in [0.1, 0.15) is 335 Å². The van der Waals surface area contributed by atoms with E-state index in [0.29, 0.717) is 19.4 Å². The predicted octanol–water partition coefficient (Wildman–Crippen LogP) is 18.5. The number of ether oxygens (including phenoxy) is 3. The van der Waals surface area contributed by atoms with E-state index in [9.17, 15) is 35.1 Å². The SMILES string of the molecule is CC/C=C/CC/C=C/CC/C=C/C(O)C(COC1OC(CO)C(O)C(O)C1O)NC(=O)CCCCCCCCCCCCCCC/C=C\C/C=C\CCCCCCCCCCCOC(=O)CCCCCCCCCCCCCCCCCCCC. The number of rotatable bonds is 63. The second-order valence-corrected chi connectivity index (χ2v) is 24.9. The van der Waals surface area contributed by atoms with Gasteiger partial charge in [0.05, 0.1) is 32.0 Å². The molecule has 6 N–H and O–H groups in total. The van der Waals surface area contributed by atoms with Crippen molar-refractivity contribution in [3.8, 4) is 0 Å². The van der Waals surface area contributed by atoms with Gasteiger partial charge in [-0.1, -0.05) is 299 Å². The molecule has 1 aliphatic heterocycles. The quantitative estimate of drug-likeness (QED) is 0.0195. The minimum Gasteiger partial charge on any atom is -0.466 e. The first-order valence-corrected chi connectivity index (χ1v) is 36.1. The Morgan fingerprint density at radius 3 is 1.28 bits per heavy atom. The van der Waals surface area contributed by atoms with Crippen LogP contribution in [0.15, 0.2) is 60.8 Å². The second-order valence-electron chi connectivity index (χ2n) is 24.9. The maximum atomic E-state index is 13.0. The first-order valence-electron chi connectivity index (χ1n) is 36.1. The number of carbonyl (C=O) groups excluding carboxylic acids is 2. The summed E-state index contributed by atoms with van der Waals surface area (Å²) in [6.07, 6.45) is 73.8. The summed E-state index contributed by atoms with van der Waals surface area (Å²) in [5, 5.41) is 54.3. The van der Waals surface area contributed by atoms with Crippen molar-refractivity contribution in [2.24, 2.45) is 0 Å². The van der Waals surface area contributed by atoms with Crippen LogP contribution in [0.4, 0.5) is 0 Å². The lowest BCUT2D eigenvalue weighted by molar-refractivity contribution is -0.302. The molecule has 0 radical (unpaired) electrons. The third-order valence-corrected chi connectivity index (χ3v) is 16.8. The largest absolute Gasteiger partial charge is 0.466 e. The molecule has 0 aliphatic carbocycles. The fourth-order valence-corrected chi connectivity index (χ4v) is 11.2. The van der Waals surface area contributed by atoms with E-state index in [-0.39, 0.29) is 18.5 Å². The highest BCUT2D eigenvalue weighted by atomic mass is 16.7. The number of aliphatic hydroxyl groups excluding tert-OH is 5. The Morgan fingerprint density at radius 2 is 0.835 bits per heavy atom. The van der Waals surface area contributed by atoms with E-state index in [1.807, 2.05) is 6.08 Å². The molecule has 1 saturated heterocycles. The molecule has 1 amide bonds. The van der Waals surface area contributed by atoms with E-state index in [1.54, 1.807) is 6.08 Å². The van der Waals surface area contributed by atoms with Gasteiger partial charge in [0.15, 0.2) is 6.29 Å². The number of hydrogen-bond acceptors (Lipinski definition) is 10. The summed E-state index contributed by atoms with van der Waals surface area (Å²) >= 11 is 0. The molecule has 0 aromatic heterocycles. The molecule has 7 unspecified atom stereocenters. The van der Waals surface area contributed by atoms with Crippen LogP contribution in [0.3, 0.4) is 0 Å². The molecular weight excluding hydrogens is 1060 g/mol. The topological polar surface area (TPSA) is 175 Å². The van der Waals surface area contributed by atoms with Crippen molar-refractivity contribution in [2.45, 2.75) is 378 Å². The van der Waals surface area contributed by atoms with Gasteiger partial charge in [0.25, 0.3) is 0 Å². The lowest BCUT2D eigenvalue weighted by Gasteiger charge is -2.40. The Hall–Kier alpha value is -2.64. The van der Waals surface area contributed by atoms with Crippen molar-refractivity contribution in [3.05, 3.63) is 60.8 Å². The summed E-state index contributed by atoms with van der Waals surface area (Å²) in [6.45, 7) is 4.22. The number of hydrogen-bond donors (Lipinski definition) is 6. The van der Waals surface area contributed by atoms with Crippen molar-refractivity contribution in [3.63, 3.8) is 0 Å². The normalized spacial score (nSPS) is 18.3.